The molecule has 1 aliphatic carbocycles. The predicted molar refractivity (Wildman–Crippen MR) is 147 cm³/mol. The van der Waals surface area contributed by atoms with E-state index in [2.05, 4.69) is 69.8 Å². The number of piperazine rings is 2. The second-order valence-electron chi connectivity index (χ2n) is 10.3. The number of hydrogen-bond acceptors (Lipinski definition) is 5. The van der Waals surface area contributed by atoms with Crippen LogP contribution in [-0.4, -0.2) is 87.3 Å². The summed E-state index contributed by atoms with van der Waals surface area (Å²) in [6.07, 6.45) is 0. The first-order valence-electron chi connectivity index (χ1n) is 13.0. The number of carbonyl (C=O) groups is 1. The van der Waals surface area contributed by atoms with Crippen LogP contribution in [0.5, 0.6) is 0 Å². The minimum Gasteiger partial charge on any atom is -0.478 e. The number of benzene rings is 3. The molecule has 0 aromatic heterocycles. The van der Waals surface area contributed by atoms with E-state index in [0.29, 0.717) is 11.1 Å². The molecule has 0 spiro atoms. The number of aromatic carboxylic acids is 1. The SMILES string of the molecule is CN1CCN(c2ccc3c(-c4ccccc4C(=O)O)c4ccc(=[N+]5CCN(C)CC5)cc-4oc3c2)CC1. The number of hydrogen-bond donors (Lipinski definition) is 1. The van der Waals surface area contributed by atoms with E-state index in [4.69, 9.17) is 4.42 Å². The Balaban J connectivity index is 1.58. The summed E-state index contributed by atoms with van der Waals surface area (Å²) in [7, 11) is 4.31. The molecule has 3 aliphatic heterocycles. The molecular weight excluding hydrogens is 464 g/mol. The first-order chi connectivity index (χ1) is 18.0. The van der Waals surface area contributed by atoms with Crippen LogP contribution in [0.4, 0.5) is 5.69 Å². The molecule has 2 saturated heterocycles. The Bertz CT molecular complexity index is 1510. The summed E-state index contributed by atoms with van der Waals surface area (Å²) in [4.78, 5) is 19.3. The van der Waals surface area contributed by atoms with Crippen LogP contribution in [0.3, 0.4) is 0 Å². The Morgan fingerprint density at radius 3 is 2.32 bits per heavy atom. The first kappa shape index (κ1) is 23.7. The van der Waals surface area contributed by atoms with E-state index in [1.54, 1.807) is 12.1 Å². The summed E-state index contributed by atoms with van der Waals surface area (Å²) in [5.74, 6) is -0.157. The highest BCUT2D eigenvalue weighted by molar-refractivity contribution is 6.07. The fraction of sp³-hybridized carbons (Fsp3) is 0.333. The van der Waals surface area contributed by atoms with Crippen LogP contribution in [0.15, 0.2) is 65.1 Å². The van der Waals surface area contributed by atoms with Gasteiger partial charge in [-0.1, -0.05) is 18.2 Å². The van der Waals surface area contributed by atoms with Gasteiger partial charge in [0, 0.05) is 60.5 Å². The van der Waals surface area contributed by atoms with Crippen molar-refractivity contribution >= 4 is 22.6 Å². The number of carboxylic acids is 1. The maximum atomic E-state index is 12.2. The lowest BCUT2D eigenvalue weighted by atomic mass is 9.90. The van der Waals surface area contributed by atoms with Crippen LogP contribution in [0.1, 0.15) is 10.4 Å². The second-order valence-corrected chi connectivity index (χ2v) is 10.3. The normalized spacial score (nSPS) is 17.6. The third-order valence-corrected chi connectivity index (χ3v) is 7.85. The van der Waals surface area contributed by atoms with E-state index in [9.17, 15) is 9.90 Å². The van der Waals surface area contributed by atoms with Crippen molar-refractivity contribution < 1.29 is 14.3 Å². The maximum Gasteiger partial charge on any atom is 0.336 e. The Hall–Kier alpha value is -3.68. The zero-order valence-corrected chi connectivity index (χ0v) is 21.5. The van der Waals surface area contributed by atoms with Crippen molar-refractivity contribution in [1.82, 2.24) is 14.4 Å². The molecule has 7 heteroatoms. The van der Waals surface area contributed by atoms with Crippen LogP contribution < -0.4 is 14.8 Å². The molecule has 2 aromatic carbocycles. The van der Waals surface area contributed by atoms with Gasteiger partial charge in [-0.3, -0.25) is 4.90 Å². The minimum absolute atomic E-state index is 0.294. The van der Waals surface area contributed by atoms with Gasteiger partial charge in [0.05, 0.1) is 24.7 Å². The fourth-order valence-electron chi connectivity index (χ4n) is 5.57. The average Bonchev–Trinajstić information content (AvgIpc) is 2.92. The number of fused-ring (bicyclic) bond motifs is 2. The third kappa shape index (κ3) is 4.49. The number of carboxylic acid groups (broad SMARTS) is 1. The van der Waals surface area contributed by atoms with Gasteiger partial charge >= 0.3 is 5.97 Å². The molecule has 0 saturated carbocycles. The zero-order chi connectivity index (χ0) is 25.5. The molecule has 0 atom stereocenters. The first-order valence-corrected chi connectivity index (χ1v) is 13.0. The van der Waals surface area contributed by atoms with Gasteiger partial charge in [0.25, 0.3) is 0 Å². The topological polar surface area (TPSA) is 63.2 Å². The van der Waals surface area contributed by atoms with Gasteiger partial charge in [0.2, 0.25) is 5.36 Å². The summed E-state index contributed by atoms with van der Waals surface area (Å²) >= 11 is 0. The minimum atomic E-state index is -0.930. The standard InChI is InChI=1S/C30H32N4O3/c1-31-11-15-33(16-12-31)21-7-9-25-27(19-21)37-28-20-22(34-17-13-32(2)14-18-34)8-10-26(28)29(25)23-5-3-4-6-24(23)30(35)36/h3-10,19-20H,11-18H2,1-2H3/p+1. The highest BCUT2D eigenvalue weighted by atomic mass is 16.4. The van der Waals surface area contributed by atoms with E-state index in [1.165, 1.54) is 0 Å². The highest BCUT2D eigenvalue weighted by Gasteiger charge is 2.24. The molecule has 0 radical (unpaired) electrons. The average molecular weight is 498 g/mol. The molecular formula is C30H33N4O3+. The molecule has 0 bridgehead atoms. The molecule has 1 N–H and O–H groups in total. The van der Waals surface area contributed by atoms with E-state index >= 15 is 0 Å². The van der Waals surface area contributed by atoms with Crippen LogP contribution in [0.2, 0.25) is 0 Å². The van der Waals surface area contributed by atoms with Gasteiger partial charge in [-0.25, -0.2) is 9.37 Å². The van der Waals surface area contributed by atoms with Gasteiger partial charge < -0.3 is 19.3 Å². The summed E-state index contributed by atoms with van der Waals surface area (Å²) in [5, 5.41) is 12.1. The molecule has 3 heterocycles. The molecule has 4 aliphatic rings. The molecule has 6 rings (SSSR count). The molecule has 7 nitrogen and oxygen atoms in total. The third-order valence-electron chi connectivity index (χ3n) is 7.85. The quantitative estimate of drug-likeness (QED) is 0.346. The zero-order valence-electron chi connectivity index (χ0n) is 21.5. The predicted octanol–water partition coefficient (Wildman–Crippen LogP) is 3.37. The molecule has 2 fully saturated rings. The van der Waals surface area contributed by atoms with Crippen molar-refractivity contribution in [3.63, 3.8) is 0 Å². The van der Waals surface area contributed by atoms with Crippen LogP contribution in [0.25, 0.3) is 33.4 Å². The van der Waals surface area contributed by atoms with E-state index in [1.807, 2.05) is 12.1 Å². The second kappa shape index (κ2) is 9.65. The Morgan fingerprint density at radius 2 is 1.57 bits per heavy atom. The van der Waals surface area contributed by atoms with E-state index < -0.39 is 5.97 Å². The highest BCUT2D eigenvalue weighted by Crippen LogP contribution is 2.42. The van der Waals surface area contributed by atoms with Gasteiger partial charge in [0.1, 0.15) is 11.3 Å². The fourth-order valence-corrected chi connectivity index (χ4v) is 5.57. The maximum absolute atomic E-state index is 12.2. The molecule has 2 aromatic rings. The van der Waals surface area contributed by atoms with Crippen molar-refractivity contribution in [3.8, 4) is 22.5 Å². The Labute approximate surface area is 216 Å². The number of anilines is 1. The summed E-state index contributed by atoms with van der Waals surface area (Å²) in [5.41, 5.74) is 4.74. The van der Waals surface area contributed by atoms with E-state index in [-0.39, 0.29) is 0 Å². The van der Waals surface area contributed by atoms with Crippen LogP contribution >= 0.6 is 0 Å². The van der Waals surface area contributed by atoms with Crippen molar-refractivity contribution in [1.29, 1.82) is 0 Å². The van der Waals surface area contributed by atoms with Gasteiger partial charge in [-0.15, -0.1) is 0 Å². The Morgan fingerprint density at radius 1 is 0.838 bits per heavy atom. The summed E-state index contributed by atoms with van der Waals surface area (Å²) in [6.45, 7) is 7.99. The monoisotopic (exact) mass is 497 g/mol. The molecule has 190 valence electrons. The summed E-state index contributed by atoms with van der Waals surface area (Å²) in [6, 6.07) is 20.0. The van der Waals surface area contributed by atoms with Crippen molar-refractivity contribution in [3.05, 3.63) is 71.6 Å². The smallest absolute Gasteiger partial charge is 0.336 e. The lowest BCUT2D eigenvalue weighted by Gasteiger charge is -2.34. The van der Waals surface area contributed by atoms with Crippen molar-refractivity contribution in [2.24, 2.45) is 0 Å². The molecule has 37 heavy (non-hydrogen) atoms. The van der Waals surface area contributed by atoms with Gasteiger partial charge in [0.15, 0.2) is 13.1 Å². The van der Waals surface area contributed by atoms with Gasteiger partial charge in [-0.2, -0.15) is 0 Å². The lowest BCUT2D eigenvalue weighted by molar-refractivity contribution is 0.0697. The lowest BCUT2D eigenvalue weighted by Crippen LogP contribution is -2.46. The number of rotatable bonds is 3. The van der Waals surface area contributed by atoms with E-state index in [0.717, 1.165) is 91.3 Å². The molecule has 0 amide bonds. The van der Waals surface area contributed by atoms with Crippen molar-refractivity contribution in [2.45, 2.75) is 0 Å². The van der Waals surface area contributed by atoms with Gasteiger partial charge in [-0.05, 0) is 43.9 Å². The summed E-state index contributed by atoms with van der Waals surface area (Å²) < 4.78 is 8.99. The largest absolute Gasteiger partial charge is 0.478 e. The number of nitrogens with zero attached hydrogens (tertiary/aromatic N) is 4. The van der Waals surface area contributed by atoms with Crippen LogP contribution in [0, 0.1) is 0 Å². The Kier molecular flexibility index (Phi) is 6.18. The van der Waals surface area contributed by atoms with Crippen molar-refractivity contribution in [2.75, 3.05) is 71.4 Å². The van der Waals surface area contributed by atoms with Crippen LogP contribution in [-0.2, 0) is 0 Å². The number of likely N-dealkylation sites (N-methyl/N-ethyl adjacent to an activating group) is 2. The molecule has 0 unspecified atom stereocenters.